The highest BCUT2D eigenvalue weighted by molar-refractivity contribution is 6.06. The minimum Gasteiger partial charge on any atom is -0.480 e. The number of pyridine rings is 1. The molecule has 5 aromatic rings. The van der Waals surface area contributed by atoms with Crippen molar-refractivity contribution in [3.05, 3.63) is 95.6 Å². The Labute approximate surface area is 232 Å². The van der Waals surface area contributed by atoms with Crippen molar-refractivity contribution < 1.29 is 14.6 Å². The molecule has 0 saturated carbocycles. The van der Waals surface area contributed by atoms with Crippen LogP contribution < -0.4 is 10.1 Å². The summed E-state index contributed by atoms with van der Waals surface area (Å²) in [4.78, 5) is 29.0. The summed E-state index contributed by atoms with van der Waals surface area (Å²) < 4.78 is 9.04. The molecule has 1 amide bonds. The number of aromatic nitrogens is 6. The number of hydrogen-bond donors (Lipinski definition) is 2. The van der Waals surface area contributed by atoms with Crippen LogP contribution in [0.3, 0.4) is 0 Å². The van der Waals surface area contributed by atoms with Crippen LogP contribution in [0.2, 0.25) is 0 Å². The molecule has 11 heteroatoms. The Kier molecular flexibility index (Phi) is 7.58. The molecular formula is C29H32N8O3. The third-order valence-electron chi connectivity index (χ3n) is 6.71. The maximum absolute atomic E-state index is 13.4. The monoisotopic (exact) mass is 540 g/mol. The van der Waals surface area contributed by atoms with Crippen molar-refractivity contribution >= 4 is 23.0 Å². The fourth-order valence-electron chi connectivity index (χ4n) is 4.61. The van der Waals surface area contributed by atoms with Gasteiger partial charge in [-0.05, 0) is 38.2 Å². The lowest BCUT2D eigenvalue weighted by Gasteiger charge is -2.30. The fraction of sp³-hybridized carbons (Fsp3) is 0.276. The zero-order chi connectivity index (χ0) is 28.3. The average Bonchev–Trinajstić information content (AvgIpc) is 3.59. The van der Waals surface area contributed by atoms with E-state index in [0.717, 1.165) is 0 Å². The molecule has 5 rings (SSSR count). The fourth-order valence-corrected chi connectivity index (χ4v) is 4.61. The van der Waals surface area contributed by atoms with Gasteiger partial charge in [0.25, 0.3) is 5.91 Å². The SMILES string of the molecule is CCn1cnc(NC(=O)c2cc3c(nc2OC)nc(C(O)(c2ccccc2)c2ccccc2)n3CCN(C)C)n1. The molecule has 40 heavy (non-hydrogen) atoms. The number of likely N-dealkylation sites (N-methyl/N-ethyl adjacent to an activating group) is 1. The third kappa shape index (κ3) is 5.04. The van der Waals surface area contributed by atoms with Crippen molar-refractivity contribution in [2.75, 3.05) is 33.1 Å². The number of benzene rings is 2. The number of fused-ring (bicyclic) bond motifs is 1. The molecule has 0 radical (unpaired) electrons. The van der Waals surface area contributed by atoms with E-state index in [0.29, 0.717) is 47.7 Å². The highest BCUT2D eigenvalue weighted by atomic mass is 16.5. The minimum absolute atomic E-state index is 0.103. The number of aryl methyl sites for hydroxylation is 1. The van der Waals surface area contributed by atoms with Gasteiger partial charge in [-0.1, -0.05) is 60.7 Å². The van der Waals surface area contributed by atoms with Crippen molar-refractivity contribution in [2.45, 2.75) is 25.6 Å². The van der Waals surface area contributed by atoms with E-state index in [2.05, 4.69) is 20.4 Å². The number of nitrogens with zero attached hydrogens (tertiary/aromatic N) is 7. The minimum atomic E-state index is -1.60. The Morgan fingerprint density at radius 2 is 1.70 bits per heavy atom. The van der Waals surface area contributed by atoms with Crippen LogP contribution in [0, 0.1) is 0 Å². The zero-order valence-electron chi connectivity index (χ0n) is 22.9. The smallest absolute Gasteiger partial charge is 0.263 e. The van der Waals surface area contributed by atoms with Gasteiger partial charge in [-0.15, -0.1) is 5.10 Å². The molecule has 0 aliphatic rings. The van der Waals surface area contributed by atoms with E-state index in [1.54, 1.807) is 17.1 Å². The molecule has 0 aliphatic heterocycles. The standard InChI is InChI=1S/C29H32N8O3/c1-5-36-19-30-28(34-36)33-25(38)22-18-23-24(31-26(22)40-4)32-27(37(23)17-16-35(2)3)29(39,20-12-8-6-9-13-20)21-14-10-7-11-15-21/h6-15,18-19,39H,5,16-17H2,1-4H3,(H,33,34,38). The van der Waals surface area contributed by atoms with Crippen LogP contribution in [-0.2, 0) is 18.7 Å². The van der Waals surface area contributed by atoms with Crippen molar-refractivity contribution in [2.24, 2.45) is 0 Å². The summed E-state index contributed by atoms with van der Waals surface area (Å²) >= 11 is 0. The molecule has 2 aromatic carbocycles. The number of imidazole rings is 1. The molecule has 0 saturated heterocycles. The van der Waals surface area contributed by atoms with Gasteiger partial charge in [0.2, 0.25) is 11.8 Å². The molecule has 206 valence electrons. The predicted molar refractivity (Wildman–Crippen MR) is 151 cm³/mol. The van der Waals surface area contributed by atoms with Gasteiger partial charge in [0.1, 0.15) is 11.9 Å². The number of carbonyl (C=O) groups is 1. The number of anilines is 1. The molecule has 0 aliphatic carbocycles. The number of rotatable bonds is 10. The van der Waals surface area contributed by atoms with Gasteiger partial charge in [-0.2, -0.15) is 4.98 Å². The molecule has 3 heterocycles. The number of aliphatic hydroxyl groups is 1. The highest BCUT2D eigenvalue weighted by Crippen LogP contribution is 2.38. The Hall–Kier alpha value is -4.61. The zero-order valence-corrected chi connectivity index (χ0v) is 22.9. The Morgan fingerprint density at radius 1 is 1.05 bits per heavy atom. The lowest BCUT2D eigenvalue weighted by Crippen LogP contribution is -2.33. The first-order valence-electron chi connectivity index (χ1n) is 13.0. The summed E-state index contributed by atoms with van der Waals surface area (Å²) in [5.74, 6) is 0.200. The Balaban J connectivity index is 1.71. The summed E-state index contributed by atoms with van der Waals surface area (Å²) in [6.45, 7) is 3.70. The van der Waals surface area contributed by atoms with Crippen LogP contribution in [0.15, 0.2) is 73.1 Å². The summed E-state index contributed by atoms with van der Waals surface area (Å²) in [5.41, 5.74) is 0.849. The van der Waals surface area contributed by atoms with Crippen molar-refractivity contribution in [3.63, 3.8) is 0 Å². The molecule has 0 bridgehead atoms. The van der Waals surface area contributed by atoms with E-state index < -0.39 is 11.5 Å². The number of carbonyl (C=O) groups excluding carboxylic acids is 1. The van der Waals surface area contributed by atoms with Crippen molar-refractivity contribution in [1.29, 1.82) is 0 Å². The maximum Gasteiger partial charge on any atom is 0.263 e. The summed E-state index contributed by atoms with van der Waals surface area (Å²) in [5, 5.41) is 19.5. The molecular weight excluding hydrogens is 508 g/mol. The second kappa shape index (κ2) is 11.2. The van der Waals surface area contributed by atoms with Crippen LogP contribution in [0.5, 0.6) is 5.88 Å². The first-order chi connectivity index (χ1) is 19.3. The van der Waals surface area contributed by atoms with Crippen molar-refractivity contribution in [3.8, 4) is 5.88 Å². The molecule has 0 fully saturated rings. The van der Waals surface area contributed by atoms with Crippen LogP contribution in [0.4, 0.5) is 5.95 Å². The molecule has 11 nitrogen and oxygen atoms in total. The third-order valence-corrected chi connectivity index (χ3v) is 6.71. The van der Waals surface area contributed by atoms with E-state index in [1.165, 1.54) is 7.11 Å². The van der Waals surface area contributed by atoms with E-state index in [9.17, 15) is 9.90 Å². The molecule has 0 unspecified atom stereocenters. The van der Waals surface area contributed by atoms with Crippen LogP contribution >= 0.6 is 0 Å². The van der Waals surface area contributed by atoms with Gasteiger partial charge in [0.15, 0.2) is 17.1 Å². The van der Waals surface area contributed by atoms with Crippen LogP contribution in [0.1, 0.15) is 34.2 Å². The van der Waals surface area contributed by atoms with Crippen LogP contribution in [-0.4, -0.2) is 73.0 Å². The normalized spacial score (nSPS) is 11.8. The summed E-state index contributed by atoms with van der Waals surface area (Å²) in [7, 11) is 5.40. The van der Waals surface area contributed by atoms with Gasteiger partial charge in [0, 0.05) is 19.6 Å². The Bertz CT molecular complexity index is 1570. The second-order valence-corrected chi connectivity index (χ2v) is 9.60. The number of amides is 1. The highest BCUT2D eigenvalue weighted by Gasteiger charge is 2.39. The van der Waals surface area contributed by atoms with Gasteiger partial charge in [-0.3, -0.25) is 14.8 Å². The van der Waals surface area contributed by atoms with E-state index in [-0.39, 0.29) is 17.4 Å². The van der Waals surface area contributed by atoms with Crippen LogP contribution in [0.25, 0.3) is 11.2 Å². The molecule has 2 N–H and O–H groups in total. The summed E-state index contributed by atoms with van der Waals surface area (Å²) in [6.07, 6.45) is 1.55. The summed E-state index contributed by atoms with van der Waals surface area (Å²) in [6, 6.07) is 20.5. The first kappa shape index (κ1) is 27.0. The number of hydrogen-bond acceptors (Lipinski definition) is 8. The first-order valence-corrected chi connectivity index (χ1v) is 13.0. The van der Waals surface area contributed by atoms with Gasteiger partial charge in [0.05, 0.1) is 12.6 Å². The number of methoxy groups -OCH3 is 1. The quantitative estimate of drug-likeness (QED) is 0.277. The molecule has 0 spiro atoms. The number of ether oxygens (including phenoxy) is 1. The van der Waals surface area contributed by atoms with E-state index in [4.69, 9.17) is 9.72 Å². The van der Waals surface area contributed by atoms with Gasteiger partial charge >= 0.3 is 0 Å². The lowest BCUT2D eigenvalue weighted by molar-refractivity contribution is 0.102. The van der Waals surface area contributed by atoms with Gasteiger partial charge in [-0.25, -0.2) is 9.97 Å². The molecule has 0 atom stereocenters. The second-order valence-electron chi connectivity index (χ2n) is 9.60. The maximum atomic E-state index is 13.4. The molecule has 3 aromatic heterocycles. The van der Waals surface area contributed by atoms with Gasteiger partial charge < -0.3 is 19.3 Å². The van der Waals surface area contributed by atoms with E-state index >= 15 is 0 Å². The largest absolute Gasteiger partial charge is 0.480 e. The number of nitrogens with one attached hydrogen (secondary N) is 1. The lowest BCUT2D eigenvalue weighted by atomic mass is 9.85. The van der Waals surface area contributed by atoms with E-state index in [1.807, 2.05) is 91.1 Å². The topological polar surface area (TPSA) is 123 Å². The predicted octanol–water partition coefficient (Wildman–Crippen LogP) is 3.15. The Morgan fingerprint density at radius 3 is 2.25 bits per heavy atom. The average molecular weight is 541 g/mol. The van der Waals surface area contributed by atoms with Crippen molar-refractivity contribution in [1.82, 2.24) is 34.2 Å².